The highest BCUT2D eigenvalue weighted by atomic mass is 19.1. The summed E-state index contributed by atoms with van der Waals surface area (Å²) in [5.74, 6) is 0.624. The fraction of sp³-hybridized carbons (Fsp3) is 0.111. The summed E-state index contributed by atoms with van der Waals surface area (Å²) in [5, 5.41) is 5.73. The molecule has 0 bridgehead atoms. The summed E-state index contributed by atoms with van der Waals surface area (Å²) in [6.45, 7) is 1.01. The second kappa shape index (κ2) is 6.83. The highest BCUT2D eigenvalue weighted by Crippen LogP contribution is 2.33. The number of hydrogen-bond donors (Lipinski definition) is 2. The maximum absolute atomic E-state index is 13.8. The van der Waals surface area contributed by atoms with Crippen LogP contribution < -0.4 is 20.1 Å². The third kappa shape index (κ3) is 3.34. The molecule has 26 heavy (non-hydrogen) atoms. The lowest BCUT2D eigenvalue weighted by Gasteiger charge is -2.19. The second-order valence-electron chi connectivity index (χ2n) is 5.49. The molecule has 0 atom stereocenters. The molecular formula is C18H14F2N4O2. The minimum Gasteiger partial charge on any atom is -0.486 e. The molecule has 0 saturated heterocycles. The minimum absolute atomic E-state index is 0.254. The average Bonchev–Trinajstić information content (AvgIpc) is 2.65. The van der Waals surface area contributed by atoms with E-state index in [1.54, 1.807) is 18.2 Å². The zero-order valence-corrected chi connectivity index (χ0v) is 13.5. The van der Waals surface area contributed by atoms with E-state index < -0.39 is 11.6 Å². The van der Waals surface area contributed by atoms with Crippen molar-refractivity contribution >= 4 is 23.0 Å². The third-order valence-corrected chi connectivity index (χ3v) is 3.70. The van der Waals surface area contributed by atoms with Gasteiger partial charge in [-0.2, -0.15) is 0 Å². The minimum atomic E-state index is -0.704. The lowest BCUT2D eigenvalue weighted by molar-refractivity contribution is 0.171. The van der Waals surface area contributed by atoms with Gasteiger partial charge in [0.2, 0.25) is 0 Å². The number of hydrogen-bond acceptors (Lipinski definition) is 6. The summed E-state index contributed by atoms with van der Waals surface area (Å²) in [6.07, 6.45) is 1.29. The van der Waals surface area contributed by atoms with Crippen molar-refractivity contribution in [1.29, 1.82) is 0 Å². The summed E-state index contributed by atoms with van der Waals surface area (Å²) in [6, 6.07) is 10.6. The summed E-state index contributed by atoms with van der Waals surface area (Å²) < 4.78 is 38.5. The number of nitrogens with zero attached hydrogens (tertiary/aromatic N) is 2. The Morgan fingerprint density at radius 3 is 2.27 bits per heavy atom. The molecule has 6 nitrogen and oxygen atoms in total. The molecule has 0 saturated carbocycles. The van der Waals surface area contributed by atoms with E-state index in [4.69, 9.17) is 9.47 Å². The van der Waals surface area contributed by atoms with Gasteiger partial charge < -0.3 is 20.1 Å². The van der Waals surface area contributed by atoms with E-state index in [0.717, 1.165) is 5.69 Å². The standard InChI is InChI=1S/C18H14F2N4O2/c19-12-2-1-3-13(20)18(12)24-17-9-16(21-10-22-17)23-11-4-5-14-15(8-11)26-7-6-25-14/h1-5,8-10H,6-7H2,(H2,21,22,23,24). The van der Waals surface area contributed by atoms with Crippen LogP contribution in [0.15, 0.2) is 48.8 Å². The number of rotatable bonds is 4. The molecule has 0 radical (unpaired) electrons. The van der Waals surface area contributed by atoms with Gasteiger partial charge in [-0.25, -0.2) is 18.7 Å². The highest BCUT2D eigenvalue weighted by molar-refractivity contribution is 5.65. The topological polar surface area (TPSA) is 68.3 Å². The molecule has 3 aromatic rings. The Bertz CT molecular complexity index is 932. The zero-order chi connectivity index (χ0) is 17.9. The van der Waals surface area contributed by atoms with Crippen LogP contribution >= 0.6 is 0 Å². The van der Waals surface area contributed by atoms with Crippen molar-refractivity contribution in [3.8, 4) is 11.5 Å². The number of nitrogens with one attached hydrogen (secondary N) is 2. The van der Waals surface area contributed by atoms with Gasteiger partial charge in [0, 0.05) is 17.8 Å². The number of fused-ring (bicyclic) bond motifs is 1. The van der Waals surface area contributed by atoms with Gasteiger partial charge in [-0.3, -0.25) is 0 Å². The van der Waals surface area contributed by atoms with Crippen molar-refractivity contribution in [2.24, 2.45) is 0 Å². The molecule has 1 aromatic heterocycles. The maximum Gasteiger partial charge on any atom is 0.163 e. The van der Waals surface area contributed by atoms with Crippen LogP contribution in [0.3, 0.4) is 0 Å². The molecule has 2 heterocycles. The largest absolute Gasteiger partial charge is 0.486 e. The van der Waals surface area contributed by atoms with Crippen molar-refractivity contribution in [2.45, 2.75) is 0 Å². The average molecular weight is 356 g/mol. The van der Waals surface area contributed by atoms with Crippen LogP contribution in [0.5, 0.6) is 11.5 Å². The van der Waals surface area contributed by atoms with Crippen molar-refractivity contribution in [2.75, 3.05) is 23.8 Å². The molecular weight excluding hydrogens is 342 g/mol. The molecule has 8 heteroatoms. The van der Waals surface area contributed by atoms with E-state index in [0.29, 0.717) is 30.5 Å². The Labute approximate surface area is 147 Å². The number of halogens is 2. The number of ether oxygens (including phenoxy) is 2. The monoisotopic (exact) mass is 356 g/mol. The van der Waals surface area contributed by atoms with Gasteiger partial charge in [0.15, 0.2) is 11.5 Å². The maximum atomic E-state index is 13.8. The Balaban J connectivity index is 1.54. The molecule has 0 fully saturated rings. The molecule has 0 amide bonds. The molecule has 2 N–H and O–H groups in total. The molecule has 132 valence electrons. The first-order valence-electron chi connectivity index (χ1n) is 7.89. The van der Waals surface area contributed by atoms with Gasteiger partial charge in [-0.1, -0.05) is 6.07 Å². The van der Waals surface area contributed by atoms with Gasteiger partial charge in [0.25, 0.3) is 0 Å². The van der Waals surface area contributed by atoms with Gasteiger partial charge >= 0.3 is 0 Å². The fourth-order valence-corrected chi connectivity index (χ4v) is 2.51. The molecule has 1 aliphatic rings. The number of para-hydroxylation sites is 1. The summed E-state index contributed by atoms with van der Waals surface area (Å²) in [7, 11) is 0. The Kier molecular flexibility index (Phi) is 4.22. The van der Waals surface area contributed by atoms with E-state index in [-0.39, 0.29) is 11.5 Å². The van der Waals surface area contributed by atoms with E-state index in [9.17, 15) is 8.78 Å². The van der Waals surface area contributed by atoms with Crippen molar-refractivity contribution in [1.82, 2.24) is 9.97 Å². The van der Waals surface area contributed by atoms with E-state index in [1.165, 1.54) is 24.5 Å². The zero-order valence-electron chi connectivity index (χ0n) is 13.5. The van der Waals surface area contributed by atoms with E-state index >= 15 is 0 Å². The summed E-state index contributed by atoms with van der Waals surface area (Å²) in [4.78, 5) is 8.10. The smallest absolute Gasteiger partial charge is 0.163 e. The Morgan fingerprint density at radius 2 is 1.50 bits per heavy atom. The lowest BCUT2D eigenvalue weighted by atomic mass is 10.2. The normalized spacial score (nSPS) is 12.5. The molecule has 1 aliphatic heterocycles. The van der Waals surface area contributed by atoms with Crippen molar-refractivity contribution in [3.05, 3.63) is 60.4 Å². The highest BCUT2D eigenvalue weighted by Gasteiger charge is 2.13. The van der Waals surface area contributed by atoms with Gasteiger partial charge in [0.05, 0.1) is 0 Å². The van der Waals surface area contributed by atoms with Crippen LogP contribution in [0.2, 0.25) is 0 Å². The number of anilines is 4. The summed E-state index contributed by atoms with van der Waals surface area (Å²) >= 11 is 0. The lowest BCUT2D eigenvalue weighted by Crippen LogP contribution is -2.15. The Hall–Kier alpha value is -3.42. The first-order valence-corrected chi connectivity index (χ1v) is 7.89. The van der Waals surface area contributed by atoms with Crippen LogP contribution in [0.4, 0.5) is 31.8 Å². The SMILES string of the molecule is Fc1cccc(F)c1Nc1cc(Nc2ccc3c(c2)OCCO3)ncn1. The van der Waals surface area contributed by atoms with Crippen LogP contribution in [0.25, 0.3) is 0 Å². The van der Waals surface area contributed by atoms with E-state index in [2.05, 4.69) is 20.6 Å². The van der Waals surface area contributed by atoms with Crippen LogP contribution in [0.1, 0.15) is 0 Å². The Morgan fingerprint density at radius 1 is 0.808 bits per heavy atom. The van der Waals surface area contributed by atoms with E-state index in [1.807, 2.05) is 6.07 Å². The van der Waals surface area contributed by atoms with Crippen LogP contribution in [0, 0.1) is 11.6 Å². The number of aromatic nitrogens is 2. The van der Waals surface area contributed by atoms with Gasteiger partial charge in [-0.15, -0.1) is 0 Å². The van der Waals surface area contributed by atoms with Gasteiger partial charge in [-0.05, 0) is 24.3 Å². The first kappa shape index (κ1) is 16.1. The number of benzene rings is 2. The van der Waals surface area contributed by atoms with Crippen molar-refractivity contribution in [3.63, 3.8) is 0 Å². The quantitative estimate of drug-likeness (QED) is 0.736. The molecule has 0 unspecified atom stereocenters. The summed E-state index contributed by atoms with van der Waals surface area (Å²) in [5.41, 5.74) is 0.465. The second-order valence-corrected chi connectivity index (χ2v) is 5.49. The predicted octanol–water partition coefficient (Wildman–Crippen LogP) is 4.01. The first-order chi connectivity index (χ1) is 12.7. The van der Waals surface area contributed by atoms with Crippen molar-refractivity contribution < 1.29 is 18.3 Å². The van der Waals surface area contributed by atoms with Crippen LogP contribution in [-0.4, -0.2) is 23.2 Å². The third-order valence-electron chi connectivity index (χ3n) is 3.70. The van der Waals surface area contributed by atoms with Crippen LogP contribution in [-0.2, 0) is 0 Å². The fourth-order valence-electron chi connectivity index (χ4n) is 2.51. The predicted molar refractivity (Wildman–Crippen MR) is 92.4 cm³/mol. The molecule has 0 spiro atoms. The molecule has 4 rings (SSSR count). The molecule has 0 aliphatic carbocycles. The molecule has 2 aromatic carbocycles. The van der Waals surface area contributed by atoms with Gasteiger partial charge in [0.1, 0.15) is 48.5 Å².